The van der Waals surface area contributed by atoms with Gasteiger partial charge in [-0.2, -0.15) is 0 Å². The summed E-state index contributed by atoms with van der Waals surface area (Å²) in [7, 11) is 0. The van der Waals surface area contributed by atoms with E-state index in [1.807, 2.05) is 0 Å². The summed E-state index contributed by atoms with van der Waals surface area (Å²) in [4.78, 5) is 4.52. The standard InChI is InChI=1S/C10H17NS/c1-3-5-6-7-9-8-12-10(4-2)11-9/h8H,3-7H2,1-2H3. The molecule has 68 valence electrons. The first-order valence-corrected chi connectivity index (χ1v) is 5.68. The molecule has 0 aliphatic rings. The van der Waals surface area contributed by atoms with Gasteiger partial charge in [0.05, 0.1) is 10.7 Å². The first-order valence-electron chi connectivity index (χ1n) is 4.80. The summed E-state index contributed by atoms with van der Waals surface area (Å²) in [5, 5.41) is 3.48. The molecule has 0 spiro atoms. The minimum absolute atomic E-state index is 1.08. The van der Waals surface area contributed by atoms with Gasteiger partial charge in [-0.25, -0.2) is 4.98 Å². The van der Waals surface area contributed by atoms with Crippen molar-refractivity contribution in [2.45, 2.75) is 46.0 Å². The Kier molecular flexibility index (Phi) is 4.30. The first-order chi connectivity index (χ1) is 5.86. The molecule has 1 heterocycles. The van der Waals surface area contributed by atoms with Crippen molar-refractivity contribution in [1.29, 1.82) is 0 Å². The molecule has 1 nitrogen and oxygen atoms in total. The highest BCUT2D eigenvalue weighted by molar-refractivity contribution is 7.09. The summed E-state index contributed by atoms with van der Waals surface area (Å²) in [6, 6.07) is 0. The molecule has 1 rings (SSSR count). The van der Waals surface area contributed by atoms with Gasteiger partial charge in [-0.3, -0.25) is 0 Å². The third-order valence-electron chi connectivity index (χ3n) is 1.94. The smallest absolute Gasteiger partial charge is 0.0925 e. The molecule has 1 aromatic heterocycles. The average molecular weight is 183 g/mol. The van der Waals surface area contributed by atoms with E-state index in [4.69, 9.17) is 0 Å². The van der Waals surface area contributed by atoms with Crippen LogP contribution in [0.3, 0.4) is 0 Å². The summed E-state index contributed by atoms with van der Waals surface area (Å²) in [5.41, 5.74) is 1.30. The van der Waals surface area contributed by atoms with Gasteiger partial charge in [0.25, 0.3) is 0 Å². The van der Waals surface area contributed by atoms with E-state index < -0.39 is 0 Å². The summed E-state index contributed by atoms with van der Waals surface area (Å²) < 4.78 is 0. The van der Waals surface area contributed by atoms with Crippen molar-refractivity contribution in [3.05, 3.63) is 16.1 Å². The topological polar surface area (TPSA) is 12.9 Å². The molecule has 0 N–H and O–H groups in total. The molecule has 0 fully saturated rings. The Morgan fingerprint density at radius 2 is 2.17 bits per heavy atom. The fourth-order valence-electron chi connectivity index (χ4n) is 1.18. The van der Waals surface area contributed by atoms with E-state index >= 15 is 0 Å². The lowest BCUT2D eigenvalue weighted by Crippen LogP contribution is -1.86. The van der Waals surface area contributed by atoms with Gasteiger partial charge in [0.1, 0.15) is 0 Å². The van der Waals surface area contributed by atoms with Crippen LogP contribution in [0.15, 0.2) is 5.38 Å². The molecule has 0 atom stereocenters. The van der Waals surface area contributed by atoms with E-state index in [0.29, 0.717) is 0 Å². The second kappa shape index (κ2) is 5.31. The van der Waals surface area contributed by atoms with E-state index in [9.17, 15) is 0 Å². The number of aryl methyl sites for hydroxylation is 2. The molecule has 0 saturated heterocycles. The lowest BCUT2D eigenvalue weighted by atomic mass is 10.2. The third-order valence-corrected chi connectivity index (χ3v) is 2.98. The molecule has 0 aliphatic carbocycles. The summed E-state index contributed by atoms with van der Waals surface area (Å²) >= 11 is 1.80. The molecular weight excluding hydrogens is 166 g/mol. The van der Waals surface area contributed by atoms with Crippen molar-refractivity contribution in [2.24, 2.45) is 0 Å². The third kappa shape index (κ3) is 2.94. The van der Waals surface area contributed by atoms with E-state index in [1.54, 1.807) is 11.3 Å². The second-order valence-electron chi connectivity index (χ2n) is 3.04. The Balaban J connectivity index is 2.31. The van der Waals surface area contributed by atoms with Crippen LogP contribution in [0.2, 0.25) is 0 Å². The minimum atomic E-state index is 1.08. The predicted octanol–water partition coefficient (Wildman–Crippen LogP) is 3.44. The number of hydrogen-bond donors (Lipinski definition) is 0. The number of thiazole rings is 1. The van der Waals surface area contributed by atoms with Gasteiger partial charge in [0.15, 0.2) is 0 Å². The summed E-state index contributed by atoms with van der Waals surface area (Å²) in [6.07, 6.45) is 6.18. The lowest BCUT2D eigenvalue weighted by Gasteiger charge is -1.93. The Labute approximate surface area is 78.8 Å². The van der Waals surface area contributed by atoms with Gasteiger partial charge in [0.2, 0.25) is 0 Å². The molecule has 12 heavy (non-hydrogen) atoms. The van der Waals surface area contributed by atoms with Crippen LogP contribution in [0.4, 0.5) is 0 Å². The van der Waals surface area contributed by atoms with Gasteiger partial charge in [-0.05, 0) is 19.3 Å². The summed E-state index contributed by atoms with van der Waals surface area (Å²) in [5.74, 6) is 0. The van der Waals surface area contributed by atoms with Crippen molar-refractivity contribution >= 4 is 11.3 Å². The van der Waals surface area contributed by atoms with Crippen molar-refractivity contribution in [3.8, 4) is 0 Å². The van der Waals surface area contributed by atoms with Crippen LogP contribution in [0, 0.1) is 0 Å². The van der Waals surface area contributed by atoms with E-state index in [1.165, 1.54) is 36.4 Å². The largest absolute Gasteiger partial charge is 0.246 e. The number of nitrogens with zero attached hydrogens (tertiary/aromatic N) is 1. The van der Waals surface area contributed by atoms with Crippen molar-refractivity contribution in [3.63, 3.8) is 0 Å². The fraction of sp³-hybridized carbons (Fsp3) is 0.700. The first kappa shape index (κ1) is 9.72. The predicted molar refractivity (Wildman–Crippen MR) is 54.7 cm³/mol. The molecule has 2 heteroatoms. The zero-order chi connectivity index (χ0) is 8.81. The fourth-order valence-corrected chi connectivity index (χ4v) is 1.96. The second-order valence-corrected chi connectivity index (χ2v) is 3.99. The van der Waals surface area contributed by atoms with Gasteiger partial charge >= 0.3 is 0 Å². The zero-order valence-electron chi connectivity index (χ0n) is 7.97. The van der Waals surface area contributed by atoms with Gasteiger partial charge in [0, 0.05) is 5.38 Å². The molecule has 0 saturated carbocycles. The maximum Gasteiger partial charge on any atom is 0.0925 e. The zero-order valence-corrected chi connectivity index (χ0v) is 8.78. The number of rotatable bonds is 5. The molecular formula is C10H17NS. The van der Waals surface area contributed by atoms with E-state index in [0.717, 1.165) is 6.42 Å². The highest BCUT2D eigenvalue weighted by Crippen LogP contribution is 2.12. The van der Waals surface area contributed by atoms with Crippen molar-refractivity contribution in [2.75, 3.05) is 0 Å². The van der Waals surface area contributed by atoms with Crippen molar-refractivity contribution < 1.29 is 0 Å². The van der Waals surface area contributed by atoms with E-state index in [-0.39, 0.29) is 0 Å². The summed E-state index contributed by atoms with van der Waals surface area (Å²) in [6.45, 7) is 4.40. The van der Waals surface area contributed by atoms with Crippen LogP contribution in [-0.4, -0.2) is 4.98 Å². The average Bonchev–Trinajstić information content (AvgIpc) is 2.53. The molecule has 0 aromatic carbocycles. The molecule has 0 unspecified atom stereocenters. The highest BCUT2D eigenvalue weighted by Gasteiger charge is 1.98. The Morgan fingerprint density at radius 3 is 2.75 bits per heavy atom. The molecule has 0 aliphatic heterocycles. The number of unbranched alkanes of at least 4 members (excludes halogenated alkanes) is 2. The maximum atomic E-state index is 4.52. The van der Waals surface area contributed by atoms with Gasteiger partial charge in [-0.1, -0.05) is 26.7 Å². The maximum absolute atomic E-state index is 4.52. The highest BCUT2D eigenvalue weighted by atomic mass is 32.1. The quantitative estimate of drug-likeness (QED) is 0.637. The Hall–Kier alpha value is -0.370. The van der Waals surface area contributed by atoms with Gasteiger partial charge in [-0.15, -0.1) is 11.3 Å². The monoisotopic (exact) mass is 183 g/mol. The van der Waals surface area contributed by atoms with Crippen LogP contribution in [-0.2, 0) is 12.8 Å². The van der Waals surface area contributed by atoms with Gasteiger partial charge < -0.3 is 0 Å². The lowest BCUT2D eigenvalue weighted by molar-refractivity contribution is 0.708. The Morgan fingerprint density at radius 1 is 1.33 bits per heavy atom. The molecule has 1 aromatic rings. The van der Waals surface area contributed by atoms with Crippen LogP contribution < -0.4 is 0 Å². The Bertz CT molecular complexity index is 217. The minimum Gasteiger partial charge on any atom is -0.246 e. The SMILES string of the molecule is CCCCCc1csc(CC)n1. The van der Waals surface area contributed by atoms with Crippen LogP contribution in [0.1, 0.15) is 43.8 Å². The number of hydrogen-bond acceptors (Lipinski definition) is 2. The van der Waals surface area contributed by atoms with Crippen molar-refractivity contribution in [1.82, 2.24) is 4.98 Å². The van der Waals surface area contributed by atoms with Crippen LogP contribution in [0.25, 0.3) is 0 Å². The van der Waals surface area contributed by atoms with Crippen LogP contribution in [0.5, 0.6) is 0 Å². The number of aromatic nitrogens is 1. The molecule has 0 amide bonds. The normalized spacial score (nSPS) is 10.5. The molecule has 0 bridgehead atoms. The van der Waals surface area contributed by atoms with Crippen LogP contribution >= 0.6 is 11.3 Å². The van der Waals surface area contributed by atoms with E-state index in [2.05, 4.69) is 24.2 Å². The molecule has 0 radical (unpaired) electrons.